The summed E-state index contributed by atoms with van der Waals surface area (Å²) in [6, 6.07) is 21.8. The van der Waals surface area contributed by atoms with Crippen LogP contribution >= 0.6 is 11.6 Å². The predicted octanol–water partition coefficient (Wildman–Crippen LogP) is 5.81. The van der Waals surface area contributed by atoms with E-state index in [9.17, 15) is 9.59 Å². The van der Waals surface area contributed by atoms with Crippen LogP contribution in [0.1, 0.15) is 30.9 Å². The highest BCUT2D eigenvalue weighted by Gasteiger charge is 2.23. The summed E-state index contributed by atoms with van der Waals surface area (Å²) in [5, 5.41) is 17.1. The second-order valence-corrected chi connectivity index (χ2v) is 8.48. The molecule has 3 amide bonds. The first kappa shape index (κ1) is 23.3. The van der Waals surface area contributed by atoms with E-state index in [0.717, 1.165) is 31.5 Å². The molecule has 7 nitrogen and oxygen atoms in total. The Hall–Kier alpha value is -3.84. The smallest absolute Gasteiger partial charge is 0.320 e. The van der Waals surface area contributed by atoms with Crippen molar-refractivity contribution >= 4 is 46.4 Å². The molecule has 8 heteroatoms. The third-order valence-corrected chi connectivity index (χ3v) is 5.84. The highest BCUT2D eigenvalue weighted by atomic mass is 35.5. The summed E-state index contributed by atoms with van der Waals surface area (Å²) in [7, 11) is 0. The van der Waals surface area contributed by atoms with E-state index in [-0.39, 0.29) is 5.91 Å². The first-order valence-electron chi connectivity index (χ1n) is 11.1. The van der Waals surface area contributed by atoms with E-state index in [2.05, 4.69) is 16.0 Å². The van der Waals surface area contributed by atoms with Gasteiger partial charge in [0.05, 0.1) is 0 Å². The standard InChI is InChI=1S/C26H26ClN5O2/c27-19-9-11-21(12-10-19)30-26(34)31-24(18-6-2-1-3-7-18)25(33)29-20-13-15-22(16-14-20)32-17-5-4-8-23(32)28/h1-3,6-7,9-16,24,28H,4-5,8,17H2,(H,29,33)(H2,30,31,34)/t24-/m1/s1. The van der Waals surface area contributed by atoms with Gasteiger partial charge in [-0.1, -0.05) is 41.9 Å². The van der Waals surface area contributed by atoms with Gasteiger partial charge in [0.15, 0.2) is 0 Å². The Morgan fingerprint density at radius 2 is 1.50 bits per heavy atom. The van der Waals surface area contributed by atoms with Crippen molar-refractivity contribution in [2.45, 2.75) is 25.3 Å². The fraction of sp³-hybridized carbons (Fsp3) is 0.192. The molecule has 3 aromatic carbocycles. The Morgan fingerprint density at radius 3 is 2.18 bits per heavy atom. The van der Waals surface area contributed by atoms with Gasteiger partial charge in [-0.2, -0.15) is 0 Å². The number of carbonyl (C=O) groups excluding carboxylic acids is 2. The van der Waals surface area contributed by atoms with Crippen LogP contribution in [-0.4, -0.2) is 24.3 Å². The normalized spacial score (nSPS) is 14.3. The number of anilines is 3. The molecule has 174 valence electrons. The summed E-state index contributed by atoms with van der Waals surface area (Å²) in [6.07, 6.45) is 2.88. The molecule has 0 aliphatic carbocycles. The largest absolute Gasteiger partial charge is 0.330 e. The van der Waals surface area contributed by atoms with Crippen LogP contribution in [0.3, 0.4) is 0 Å². The molecule has 1 atom stereocenters. The van der Waals surface area contributed by atoms with E-state index < -0.39 is 12.1 Å². The first-order chi connectivity index (χ1) is 16.5. The van der Waals surface area contributed by atoms with Crippen LogP contribution in [0.2, 0.25) is 5.02 Å². The lowest BCUT2D eigenvalue weighted by Gasteiger charge is -2.29. The van der Waals surface area contributed by atoms with Gasteiger partial charge in [-0.05, 0) is 66.9 Å². The van der Waals surface area contributed by atoms with Gasteiger partial charge >= 0.3 is 6.03 Å². The molecule has 0 radical (unpaired) electrons. The van der Waals surface area contributed by atoms with Crippen molar-refractivity contribution in [3.05, 3.63) is 89.4 Å². The molecule has 1 aliphatic heterocycles. The lowest BCUT2D eigenvalue weighted by atomic mass is 10.1. The molecule has 0 bridgehead atoms. The molecule has 1 fully saturated rings. The van der Waals surface area contributed by atoms with Crippen molar-refractivity contribution in [1.82, 2.24) is 5.32 Å². The molecule has 4 N–H and O–H groups in total. The molecule has 3 aromatic rings. The Morgan fingerprint density at radius 1 is 0.853 bits per heavy atom. The average Bonchev–Trinajstić information content (AvgIpc) is 2.85. The minimum atomic E-state index is -0.900. The lowest BCUT2D eigenvalue weighted by molar-refractivity contribution is -0.118. The van der Waals surface area contributed by atoms with E-state index in [1.165, 1.54) is 0 Å². The Bertz CT molecular complexity index is 1150. The maximum absolute atomic E-state index is 13.2. The van der Waals surface area contributed by atoms with Crippen molar-refractivity contribution in [1.29, 1.82) is 5.41 Å². The molecule has 0 saturated carbocycles. The highest BCUT2D eigenvalue weighted by molar-refractivity contribution is 6.30. The molecule has 34 heavy (non-hydrogen) atoms. The maximum atomic E-state index is 13.2. The summed E-state index contributed by atoms with van der Waals surface area (Å²) in [5.41, 5.74) is 2.76. The van der Waals surface area contributed by atoms with Gasteiger partial charge in [0, 0.05) is 35.1 Å². The SMILES string of the molecule is N=C1CCCCN1c1ccc(NC(=O)[C@H](NC(=O)Nc2ccc(Cl)cc2)c2ccccc2)cc1. The molecule has 1 saturated heterocycles. The fourth-order valence-corrected chi connectivity index (χ4v) is 3.96. The Balaban J connectivity index is 1.45. The van der Waals surface area contributed by atoms with Crippen molar-refractivity contribution in [2.24, 2.45) is 0 Å². The zero-order valence-corrected chi connectivity index (χ0v) is 19.3. The molecule has 0 unspecified atom stereocenters. The first-order valence-corrected chi connectivity index (χ1v) is 11.5. The lowest BCUT2D eigenvalue weighted by Crippen LogP contribution is -2.39. The molecule has 0 spiro atoms. The summed E-state index contributed by atoms with van der Waals surface area (Å²) in [4.78, 5) is 27.8. The zero-order valence-electron chi connectivity index (χ0n) is 18.6. The number of carbonyl (C=O) groups is 2. The van der Waals surface area contributed by atoms with Crippen LogP contribution < -0.4 is 20.9 Å². The summed E-state index contributed by atoms with van der Waals surface area (Å²) in [6.45, 7) is 0.827. The molecular formula is C26H26ClN5O2. The number of piperidine rings is 1. The summed E-state index contributed by atoms with van der Waals surface area (Å²) in [5.74, 6) is 0.249. The third kappa shape index (κ3) is 5.94. The van der Waals surface area contributed by atoms with E-state index in [1.54, 1.807) is 36.4 Å². The van der Waals surface area contributed by atoms with Gasteiger partial charge in [-0.25, -0.2) is 4.79 Å². The number of nitrogens with one attached hydrogen (secondary N) is 4. The second-order valence-electron chi connectivity index (χ2n) is 8.04. The van der Waals surface area contributed by atoms with Gasteiger partial charge in [0.25, 0.3) is 5.91 Å². The van der Waals surface area contributed by atoms with E-state index in [4.69, 9.17) is 17.0 Å². The third-order valence-electron chi connectivity index (χ3n) is 5.59. The number of benzene rings is 3. The zero-order chi connectivity index (χ0) is 23.9. The molecule has 4 rings (SSSR count). The molecule has 1 aliphatic rings. The number of nitrogens with zero attached hydrogens (tertiary/aromatic N) is 1. The van der Waals surface area contributed by atoms with E-state index in [0.29, 0.717) is 27.8 Å². The number of hydrogen-bond acceptors (Lipinski definition) is 3. The highest BCUT2D eigenvalue weighted by Crippen LogP contribution is 2.24. The van der Waals surface area contributed by atoms with Crippen LogP contribution in [0.25, 0.3) is 0 Å². The quantitative estimate of drug-likeness (QED) is 0.362. The van der Waals surface area contributed by atoms with Crippen molar-refractivity contribution < 1.29 is 9.59 Å². The van der Waals surface area contributed by atoms with Crippen LogP contribution in [0.5, 0.6) is 0 Å². The van der Waals surface area contributed by atoms with Gasteiger partial charge < -0.3 is 20.9 Å². The van der Waals surface area contributed by atoms with Crippen LogP contribution in [0.15, 0.2) is 78.9 Å². The second kappa shape index (κ2) is 10.9. The van der Waals surface area contributed by atoms with Crippen molar-refractivity contribution in [2.75, 3.05) is 22.1 Å². The maximum Gasteiger partial charge on any atom is 0.320 e. The monoisotopic (exact) mass is 475 g/mol. The van der Waals surface area contributed by atoms with Gasteiger partial charge in [0.2, 0.25) is 0 Å². The molecule has 0 aromatic heterocycles. The van der Waals surface area contributed by atoms with Gasteiger partial charge in [-0.3, -0.25) is 10.2 Å². The average molecular weight is 476 g/mol. The van der Waals surface area contributed by atoms with Crippen molar-refractivity contribution in [3.8, 4) is 0 Å². The minimum Gasteiger partial charge on any atom is -0.330 e. The van der Waals surface area contributed by atoms with Crippen molar-refractivity contribution in [3.63, 3.8) is 0 Å². The van der Waals surface area contributed by atoms with E-state index in [1.807, 2.05) is 47.4 Å². The topological polar surface area (TPSA) is 97.3 Å². The Labute approximate surface area is 203 Å². The van der Waals surface area contributed by atoms with Gasteiger partial charge in [-0.15, -0.1) is 0 Å². The van der Waals surface area contributed by atoms with E-state index >= 15 is 0 Å². The predicted molar refractivity (Wildman–Crippen MR) is 137 cm³/mol. The number of amidine groups is 1. The minimum absolute atomic E-state index is 0.365. The summed E-state index contributed by atoms with van der Waals surface area (Å²) >= 11 is 5.90. The Kier molecular flexibility index (Phi) is 7.44. The van der Waals surface area contributed by atoms with Crippen LogP contribution in [0, 0.1) is 5.41 Å². The molecule has 1 heterocycles. The summed E-state index contributed by atoms with van der Waals surface area (Å²) < 4.78 is 0. The number of urea groups is 1. The van der Waals surface area contributed by atoms with Crippen LogP contribution in [0.4, 0.5) is 21.9 Å². The molecular weight excluding hydrogens is 450 g/mol. The van der Waals surface area contributed by atoms with Gasteiger partial charge in [0.1, 0.15) is 11.9 Å². The number of halogens is 1. The number of hydrogen-bond donors (Lipinski definition) is 4. The van der Waals surface area contributed by atoms with Crippen LogP contribution in [-0.2, 0) is 4.79 Å². The number of rotatable bonds is 6. The fourth-order valence-electron chi connectivity index (χ4n) is 3.83. The number of amides is 3.